The molecule has 0 saturated carbocycles. The van der Waals surface area contributed by atoms with Crippen molar-refractivity contribution < 1.29 is 28.9 Å². The van der Waals surface area contributed by atoms with Gasteiger partial charge in [-0.15, -0.1) is 6.58 Å². The number of hydrogen-bond acceptors (Lipinski definition) is 8. The van der Waals surface area contributed by atoms with E-state index >= 15 is 4.39 Å². The third kappa shape index (κ3) is 4.41. The maximum atomic E-state index is 15.2. The van der Waals surface area contributed by atoms with Crippen LogP contribution in [-0.4, -0.2) is 66.0 Å². The molecular weight excluding hydrogens is 495 g/mol. The fraction of sp³-hybridized carbons (Fsp3) is 0.192. The summed E-state index contributed by atoms with van der Waals surface area (Å²) in [6.45, 7) is 2.83. The summed E-state index contributed by atoms with van der Waals surface area (Å²) in [5, 5.41) is 25.4. The second kappa shape index (κ2) is 10.1. The molecule has 0 unspecified atom stereocenters. The second-order valence-electron chi connectivity index (χ2n) is 8.58. The Hall–Kier alpha value is -4.52. The first-order valence-corrected chi connectivity index (χ1v) is 11.6. The maximum absolute atomic E-state index is 15.2. The van der Waals surface area contributed by atoms with Crippen LogP contribution in [-0.2, 0) is 4.74 Å². The summed E-state index contributed by atoms with van der Waals surface area (Å²) >= 11 is 0. The molecule has 38 heavy (non-hydrogen) atoms. The van der Waals surface area contributed by atoms with Gasteiger partial charge in [-0.3, -0.25) is 19.5 Å². The van der Waals surface area contributed by atoms with Gasteiger partial charge in [0.1, 0.15) is 11.7 Å². The summed E-state index contributed by atoms with van der Waals surface area (Å²) in [4.78, 5) is 38.5. The zero-order chi connectivity index (χ0) is 26.9. The molecule has 0 bridgehead atoms. The predicted octanol–water partition coefficient (Wildman–Crippen LogP) is 2.48. The smallest absolute Gasteiger partial charge is 0.258 e. The van der Waals surface area contributed by atoms with Gasteiger partial charge >= 0.3 is 0 Å². The molecule has 194 valence electrons. The number of carbonyl (C=O) groups is 2. The molecule has 1 saturated heterocycles. The number of rotatable bonds is 7. The number of ether oxygens (including phenoxy) is 1. The number of carbonyl (C=O) groups excluding carboxylic acids is 2. The average molecular weight is 519 g/mol. The Bertz CT molecular complexity index is 1500. The van der Waals surface area contributed by atoms with Gasteiger partial charge in [-0.1, -0.05) is 42.5 Å². The molecule has 0 radical (unpaired) electrons. The largest absolute Gasteiger partial charge is 0.393 e. The summed E-state index contributed by atoms with van der Waals surface area (Å²) < 4.78 is 22.1. The predicted molar refractivity (Wildman–Crippen MR) is 135 cm³/mol. The minimum Gasteiger partial charge on any atom is -0.393 e. The first kappa shape index (κ1) is 25.1. The van der Waals surface area contributed by atoms with E-state index in [1.54, 1.807) is 60.7 Å². The molecule has 2 amide bonds. The fourth-order valence-corrected chi connectivity index (χ4v) is 4.14. The Morgan fingerprint density at radius 1 is 1.05 bits per heavy atom. The molecule has 4 N–H and O–H groups in total. The number of nitrogens with one attached hydrogen (secondary N) is 2. The number of amides is 2. The topological polar surface area (TPSA) is 151 Å². The van der Waals surface area contributed by atoms with Crippen LogP contribution in [0.3, 0.4) is 0 Å². The number of alkyl halides is 1. The Kier molecular flexibility index (Phi) is 6.68. The van der Waals surface area contributed by atoms with Crippen molar-refractivity contribution in [3.8, 4) is 0 Å². The summed E-state index contributed by atoms with van der Waals surface area (Å²) in [6.07, 6.45) is -2.82. The van der Waals surface area contributed by atoms with E-state index < -0.39 is 42.5 Å². The molecule has 12 heteroatoms. The van der Waals surface area contributed by atoms with E-state index in [0.717, 1.165) is 6.08 Å². The molecular formula is C26H23FN6O5. The highest BCUT2D eigenvalue weighted by Gasteiger charge is 2.54. The number of hydrogen-bond donors (Lipinski definition) is 4. The molecule has 1 fully saturated rings. The molecule has 1 aliphatic rings. The molecule has 3 heterocycles. The summed E-state index contributed by atoms with van der Waals surface area (Å²) in [7, 11) is 0. The number of aliphatic hydroxyl groups is 2. The SMILES string of the molecule is C=C[C@]1(CO)O[C@@H](n2cnc3c(NC(=O)c4ccccc4)nc(NC(=O)c4ccccc4)nc32)[C@H](F)[C@@H]1O. The lowest BCUT2D eigenvalue weighted by Crippen LogP contribution is -2.43. The van der Waals surface area contributed by atoms with Gasteiger partial charge in [-0.05, 0) is 24.3 Å². The lowest BCUT2D eigenvalue weighted by Gasteiger charge is -2.25. The molecule has 5 rings (SSSR count). The molecule has 0 spiro atoms. The minimum absolute atomic E-state index is 0.00405. The third-order valence-electron chi connectivity index (χ3n) is 6.23. The second-order valence-corrected chi connectivity index (χ2v) is 8.58. The lowest BCUT2D eigenvalue weighted by molar-refractivity contribution is -0.0960. The molecule has 11 nitrogen and oxygen atoms in total. The van der Waals surface area contributed by atoms with E-state index in [2.05, 4.69) is 32.2 Å². The van der Waals surface area contributed by atoms with Crippen LogP contribution in [0, 0.1) is 0 Å². The number of benzene rings is 2. The lowest BCUT2D eigenvalue weighted by atomic mass is 9.97. The minimum atomic E-state index is -1.99. The van der Waals surface area contributed by atoms with Crippen LogP contribution in [0.1, 0.15) is 26.9 Å². The Morgan fingerprint density at radius 3 is 2.21 bits per heavy atom. The van der Waals surface area contributed by atoms with Gasteiger partial charge in [0.15, 0.2) is 29.4 Å². The van der Waals surface area contributed by atoms with Crippen LogP contribution < -0.4 is 10.6 Å². The van der Waals surface area contributed by atoms with Crippen molar-refractivity contribution in [1.29, 1.82) is 0 Å². The third-order valence-corrected chi connectivity index (χ3v) is 6.23. The Morgan fingerprint density at radius 2 is 1.66 bits per heavy atom. The standard InChI is InChI=1S/C26H23FN6O5/c1-2-26(13-34)19(35)17(27)24(38-26)33-14-28-18-20(29-22(36)15-9-5-3-6-10-15)30-25(31-21(18)33)32-23(37)16-11-7-4-8-12-16/h2-12,14,17,19,24,34-35H,1,13H2,(H2,29,30,31,32,36,37)/t17-,19+,24-,26-/m1/s1. The number of fused-ring (bicyclic) bond motifs is 1. The number of aromatic nitrogens is 4. The molecule has 2 aromatic heterocycles. The summed E-state index contributed by atoms with van der Waals surface area (Å²) in [5.41, 5.74) is -0.980. The normalized spacial score (nSPS) is 22.8. The van der Waals surface area contributed by atoms with Crippen LogP contribution in [0.15, 0.2) is 79.6 Å². The van der Waals surface area contributed by atoms with E-state index in [1.807, 2.05) is 0 Å². The highest BCUT2D eigenvalue weighted by atomic mass is 19.1. The summed E-state index contributed by atoms with van der Waals surface area (Å²) in [6, 6.07) is 16.7. The van der Waals surface area contributed by atoms with Crippen molar-refractivity contribution in [2.45, 2.75) is 24.1 Å². The first-order valence-electron chi connectivity index (χ1n) is 11.6. The quantitative estimate of drug-likeness (QED) is 0.273. The van der Waals surface area contributed by atoms with Gasteiger partial charge in [0.2, 0.25) is 5.95 Å². The van der Waals surface area contributed by atoms with Gasteiger partial charge in [0, 0.05) is 11.1 Å². The van der Waals surface area contributed by atoms with Crippen molar-refractivity contribution in [2.75, 3.05) is 17.2 Å². The van der Waals surface area contributed by atoms with Gasteiger partial charge in [0.25, 0.3) is 11.8 Å². The van der Waals surface area contributed by atoms with Gasteiger partial charge in [-0.2, -0.15) is 9.97 Å². The van der Waals surface area contributed by atoms with Crippen LogP contribution in [0.2, 0.25) is 0 Å². The average Bonchev–Trinajstić information content (AvgIpc) is 3.48. The van der Waals surface area contributed by atoms with Crippen LogP contribution in [0.5, 0.6) is 0 Å². The maximum Gasteiger partial charge on any atom is 0.258 e. The molecule has 4 aromatic rings. The van der Waals surface area contributed by atoms with E-state index in [-0.39, 0.29) is 22.9 Å². The number of halogens is 1. The van der Waals surface area contributed by atoms with E-state index in [4.69, 9.17) is 4.74 Å². The van der Waals surface area contributed by atoms with Gasteiger partial charge in [-0.25, -0.2) is 9.37 Å². The van der Waals surface area contributed by atoms with Crippen LogP contribution in [0.25, 0.3) is 11.2 Å². The zero-order valence-corrected chi connectivity index (χ0v) is 19.9. The highest BCUT2D eigenvalue weighted by Crippen LogP contribution is 2.41. The molecule has 2 aromatic carbocycles. The van der Waals surface area contributed by atoms with Crippen LogP contribution >= 0.6 is 0 Å². The molecule has 1 aliphatic heterocycles. The van der Waals surface area contributed by atoms with Gasteiger partial charge < -0.3 is 20.3 Å². The van der Waals surface area contributed by atoms with Crippen molar-refractivity contribution in [1.82, 2.24) is 19.5 Å². The van der Waals surface area contributed by atoms with E-state index in [0.29, 0.717) is 11.1 Å². The number of anilines is 2. The number of imidazole rings is 1. The monoisotopic (exact) mass is 518 g/mol. The van der Waals surface area contributed by atoms with Crippen molar-refractivity contribution >= 4 is 34.7 Å². The molecule has 4 atom stereocenters. The molecule has 0 aliphatic carbocycles. The Balaban J connectivity index is 1.57. The van der Waals surface area contributed by atoms with Crippen LogP contribution in [0.4, 0.5) is 16.2 Å². The van der Waals surface area contributed by atoms with E-state index in [9.17, 15) is 19.8 Å². The van der Waals surface area contributed by atoms with Crippen molar-refractivity contribution in [3.05, 3.63) is 90.8 Å². The van der Waals surface area contributed by atoms with E-state index in [1.165, 1.54) is 10.9 Å². The zero-order valence-electron chi connectivity index (χ0n) is 19.9. The Labute approximate surface area is 215 Å². The fourth-order valence-electron chi connectivity index (χ4n) is 4.14. The number of nitrogens with zero attached hydrogens (tertiary/aromatic N) is 4. The first-order chi connectivity index (χ1) is 18.4. The number of aliphatic hydroxyl groups excluding tert-OH is 2. The van der Waals surface area contributed by atoms with Crippen molar-refractivity contribution in [2.24, 2.45) is 0 Å². The van der Waals surface area contributed by atoms with Crippen molar-refractivity contribution in [3.63, 3.8) is 0 Å². The highest BCUT2D eigenvalue weighted by molar-refractivity contribution is 6.08. The summed E-state index contributed by atoms with van der Waals surface area (Å²) in [5.74, 6) is -1.25. The van der Waals surface area contributed by atoms with Gasteiger partial charge in [0.05, 0.1) is 12.9 Å².